The van der Waals surface area contributed by atoms with Gasteiger partial charge in [-0.1, -0.05) is 86.0 Å². The van der Waals surface area contributed by atoms with Gasteiger partial charge >= 0.3 is 6.03 Å². The van der Waals surface area contributed by atoms with Crippen molar-refractivity contribution in [2.45, 2.75) is 131 Å². The number of urea groups is 1. The molecule has 1 aliphatic rings. The summed E-state index contributed by atoms with van der Waals surface area (Å²) in [5, 5.41) is 0. The number of imide groups is 1. The van der Waals surface area contributed by atoms with Crippen LogP contribution in [-0.4, -0.2) is 54.6 Å². The van der Waals surface area contributed by atoms with Crippen molar-refractivity contribution in [3.8, 4) is 0 Å². The average Bonchev–Trinajstić information content (AvgIpc) is 3.14. The largest absolute Gasteiger partial charge is 0.381 e. The second-order valence-electron chi connectivity index (χ2n) is 10.6. The van der Waals surface area contributed by atoms with E-state index < -0.39 is 0 Å². The number of hydrogen-bond acceptors (Lipinski definition) is 3. The zero-order chi connectivity index (χ0) is 25.5. The summed E-state index contributed by atoms with van der Waals surface area (Å²) in [6, 6.07) is -0.106. The van der Waals surface area contributed by atoms with Crippen LogP contribution < -0.4 is 0 Å². The number of amides is 3. The molecule has 1 heterocycles. The molecule has 200 valence electrons. The van der Waals surface area contributed by atoms with Crippen LogP contribution in [0.5, 0.6) is 0 Å². The molecule has 0 saturated carbocycles. The molecule has 1 saturated heterocycles. The maximum absolute atomic E-state index is 12.2. The van der Waals surface area contributed by atoms with Crippen molar-refractivity contribution in [1.29, 1.82) is 0 Å². The number of ether oxygens (including phenoxy) is 1. The lowest BCUT2D eigenvalue weighted by molar-refractivity contribution is -0.125. The maximum Gasteiger partial charge on any atom is 0.327 e. The van der Waals surface area contributed by atoms with Crippen molar-refractivity contribution < 1.29 is 14.3 Å². The third kappa shape index (κ3) is 9.51. The zero-order valence-corrected chi connectivity index (χ0v) is 23.6. The Labute approximate surface area is 211 Å². The lowest BCUT2D eigenvalue weighted by Crippen LogP contribution is -2.33. The average molecular weight is 481 g/mol. The van der Waals surface area contributed by atoms with Gasteiger partial charge in [0.15, 0.2) is 0 Å². The lowest BCUT2D eigenvalue weighted by Gasteiger charge is -2.32. The molecule has 0 aliphatic carbocycles. The van der Waals surface area contributed by atoms with E-state index in [0.717, 1.165) is 32.5 Å². The van der Waals surface area contributed by atoms with Crippen molar-refractivity contribution >= 4 is 11.9 Å². The summed E-state index contributed by atoms with van der Waals surface area (Å²) in [4.78, 5) is 27.4. The number of carbonyl (C=O) groups is 2. The van der Waals surface area contributed by atoms with Gasteiger partial charge in [0.05, 0.1) is 0 Å². The van der Waals surface area contributed by atoms with Gasteiger partial charge in [0.2, 0.25) is 5.91 Å². The topological polar surface area (TPSA) is 49.9 Å². The molecule has 0 aromatic rings. The van der Waals surface area contributed by atoms with Crippen molar-refractivity contribution in [3.05, 3.63) is 0 Å². The molecule has 0 aromatic carbocycles. The molecule has 1 rings (SSSR count). The van der Waals surface area contributed by atoms with Gasteiger partial charge in [-0.3, -0.25) is 9.69 Å². The van der Waals surface area contributed by atoms with E-state index in [0.29, 0.717) is 23.9 Å². The van der Waals surface area contributed by atoms with Gasteiger partial charge in [0.1, 0.15) is 6.54 Å². The van der Waals surface area contributed by atoms with Crippen LogP contribution in [0, 0.1) is 10.8 Å². The Kier molecular flexibility index (Phi) is 15.1. The molecule has 0 N–H and O–H groups in total. The number of carbonyl (C=O) groups excluding carboxylic acids is 2. The summed E-state index contributed by atoms with van der Waals surface area (Å²) in [5.41, 5.74) is 0.942. The Hall–Kier alpha value is -1.10. The second-order valence-corrected chi connectivity index (χ2v) is 10.6. The van der Waals surface area contributed by atoms with Crippen LogP contribution in [0.25, 0.3) is 0 Å². The SMILES string of the molecule is CCN1CC(=O)N(CCCCC(CC)(CC)CCCCOCCCCC(CC)(CC)CC)C1=O. The van der Waals surface area contributed by atoms with Gasteiger partial charge < -0.3 is 9.64 Å². The Bertz CT molecular complexity index is 561. The fraction of sp³-hybridized carbons (Fsp3) is 0.931. The highest BCUT2D eigenvalue weighted by Crippen LogP contribution is 2.38. The van der Waals surface area contributed by atoms with E-state index in [-0.39, 0.29) is 18.5 Å². The molecule has 0 spiro atoms. The molecule has 1 aliphatic heterocycles. The minimum absolute atomic E-state index is 0.0375. The zero-order valence-electron chi connectivity index (χ0n) is 23.6. The Morgan fingerprint density at radius 3 is 1.59 bits per heavy atom. The van der Waals surface area contributed by atoms with Crippen molar-refractivity contribution in [3.63, 3.8) is 0 Å². The predicted molar refractivity (Wildman–Crippen MR) is 143 cm³/mol. The first kappa shape index (κ1) is 30.9. The molecule has 1 fully saturated rings. The van der Waals surface area contributed by atoms with Crippen LogP contribution in [0.4, 0.5) is 4.79 Å². The Morgan fingerprint density at radius 1 is 0.676 bits per heavy atom. The van der Waals surface area contributed by atoms with E-state index in [9.17, 15) is 9.59 Å². The van der Waals surface area contributed by atoms with E-state index in [4.69, 9.17) is 4.74 Å². The van der Waals surface area contributed by atoms with Crippen LogP contribution in [0.3, 0.4) is 0 Å². The van der Waals surface area contributed by atoms with Crippen LogP contribution in [0.15, 0.2) is 0 Å². The number of rotatable bonds is 21. The Morgan fingerprint density at radius 2 is 1.15 bits per heavy atom. The van der Waals surface area contributed by atoms with E-state index in [1.807, 2.05) is 6.92 Å². The first-order valence-corrected chi connectivity index (χ1v) is 14.5. The van der Waals surface area contributed by atoms with E-state index >= 15 is 0 Å². The van der Waals surface area contributed by atoms with Gasteiger partial charge in [-0.05, 0) is 56.3 Å². The summed E-state index contributed by atoms with van der Waals surface area (Å²) in [6.07, 6.45) is 16.9. The van der Waals surface area contributed by atoms with Gasteiger partial charge in [0, 0.05) is 26.3 Å². The minimum Gasteiger partial charge on any atom is -0.381 e. The highest BCUT2D eigenvalue weighted by atomic mass is 16.5. The number of hydrogen-bond donors (Lipinski definition) is 0. The fourth-order valence-electron chi connectivity index (χ4n) is 5.70. The second kappa shape index (κ2) is 16.5. The Balaban J connectivity index is 2.21. The first-order valence-electron chi connectivity index (χ1n) is 14.5. The molecular formula is C29H56N2O3. The highest BCUT2D eigenvalue weighted by Gasteiger charge is 2.34. The monoisotopic (exact) mass is 480 g/mol. The summed E-state index contributed by atoms with van der Waals surface area (Å²) in [6.45, 7) is 16.8. The molecule has 0 atom stereocenters. The number of unbranched alkanes of at least 4 members (excludes halogenated alkanes) is 3. The summed E-state index contributed by atoms with van der Waals surface area (Å²) in [5.74, 6) is -0.0375. The fourth-order valence-corrected chi connectivity index (χ4v) is 5.70. The third-order valence-corrected chi connectivity index (χ3v) is 9.09. The van der Waals surface area contributed by atoms with Gasteiger partial charge in [0.25, 0.3) is 0 Å². The van der Waals surface area contributed by atoms with Crippen LogP contribution in [0.1, 0.15) is 131 Å². The molecule has 0 radical (unpaired) electrons. The van der Waals surface area contributed by atoms with Gasteiger partial charge in [-0.15, -0.1) is 0 Å². The molecule has 34 heavy (non-hydrogen) atoms. The van der Waals surface area contributed by atoms with Gasteiger partial charge in [-0.25, -0.2) is 4.79 Å². The standard InChI is InChI=1S/C29H56N2O3/c1-7-28(8-2,9-3)19-14-17-23-34-24-18-15-21-29(10-4,11-5)20-13-16-22-31-26(32)25-30(12-6)27(31)33/h7-25H2,1-6H3. The summed E-state index contributed by atoms with van der Waals surface area (Å²) in [7, 11) is 0. The van der Waals surface area contributed by atoms with Crippen LogP contribution in [0.2, 0.25) is 0 Å². The van der Waals surface area contributed by atoms with E-state index in [1.54, 1.807) is 4.90 Å². The number of likely N-dealkylation sites (N-methyl/N-ethyl adjacent to an activating group) is 1. The van der Waals surface area contributed by atoms with Crippen LogP contribution in [-0.2, 0) is 9.53 Å². The first-order chi connectivity index (χ1) is 16.4. The quantitative estimate of drug-likeness (QED) is 0.124. The van der Waals surface area contributed by atoms with E-state index in [2.05, 4.69) is 34.6 Å². The van der Waals surface area contributed by atoms with Gasteiger partial charge in [-0.2, -0.15) is 0 Å². The summed E-state index contributed by atoms with van der Waals surface area (Å²) < 4.78 is 5.95. The lowest BCUT2D eigenvalue weighted by atomic mass is 9.74. The molecule has 0 bridgehead atoms. The third-order valence-electron chi connectivity index (χ3n) is 9.09. The number of nitrogens with zero attached hydrogens (tertiary/aromatic N) is 2. The molecule has 3 amide bonds. The smallest absolute Gasteiger partial charge is 0.327 e. The van der Waals surface area contributed by atoms with Crippen molar-refractivity contribution in [2.75, 3.05) is 32.8 Å². The van der Waals surface area contributed by atoms with Crippen LogP contribution >= 0.6 is 0 Å². The van der Waals surface area contributed by atoms with E-state index in [1.165, 1.54) is 75.5 Å². The van der Waals surface area contributed by atoms with Crippen molar-refractivity contribution in [2.24, 2.45) is 10.8 Å². The molecule has 5 heteroatoms. The molecule has 5 nitrogen and oxygen atoms in total. The molecule has 0 aromatic heterocycles. The minimum atomic E-state index is -0.106. The highest BCUT2D eigenvalue weighted by molar-refractivity contribution is 6.01. The summed E-state index contributed by atoms with van der Waals surface area (Å²) >= 11 is 0. The maximum atomic E-state index is 12.2. The predicted octanol–water partition coefficient (Wildman–Crippen LogP) is 7.82. The normalized spacial score (nSPS) is 15.1. The molecule has 0 unspecified atom stereocenters. The molecular weight excluding hydrogens is 424 g/mol. The van der Waals surface area contributed by atoms with Crippen molar-refractivity contribution in [1.82, 2.24) is 9.80 Å².